The van der Waals surface area contributed by atoms with Gasteiger partial charge in [-0.25, -0.2) is 0 Å². The molecule has 0 amide bonds. The molecule has 0 radical (unpaired) electrons. The van der Waals surface area contributed by atoms with E-state index in [1.54, 1.807) is 0 Å². The van der Waals surface area contributed by atoms with Gasteiger partial charge in [-0.1, -0.05) is 72.0 Å². The van der Waals surface area contributed by atoms with Crippen LogP contribution in [0.3, 0.4) is 0 Å². The zero-order chi connectivity index (χ0) is 11.0. The van der Waals surface area contributed by atoms with Crippen molar-refractivity contribution in [2.45, 2.75) is 72.6 Å². The van der Waals surface area contributed by atoms with Crippen LogP contribution in [0, 0.1) is 5.41 Å². The lowest BCUT2D eigenvalue weighted by atomic mass is 9.81. The second-order valence-electron chi connectivity index (χ2n) is 4.96. The summed E-state index contributed by atoms with van der Waals surface area (Å²) in [6.45, 7) is 12.9. The molecule has 0 bridgehead atoms. The van der Waals surface area contributed by atoms with Crippen molar-refractivity contribution in [3.8, 4) is 0 Å². The van der Waals surface area contributed by atoms with Crippen LogP contribution in [0.15, 0.2) is 12.2 Å². The summed E-state index contributed by atoms with van der Waals surface area (Å²) in [6.07, 6.45) is 9.81. The number of rotatable bonds is 3. The summed E-state index contributed by atoms with van der Waals surface area (Å²) in [6, 6.07) is 0. The monoisotopic (exact) mass is 196 g/mol. The Bertz CT molecular complexity index is 142. The van der Waals surface area contributed by atoms with E-state index in [1.807, 2.05) is 0 Å². The molecule has 0 atom stereocenters. The Morgan fingerprint density at radius 3 is 1.50 bits per heavy atom. The highest BCUT2D eigenvalue weighted by atomic mass is 14.2. The van der Waals surface area contributed by atoms with Crippen LogP contribution >= 0.6 is 0 Å². The van der Waals surface area contributed by atoms with E-state index in [0.29, 0.717) is 5.41 Å². The van der Waals surface area contributed by atoms with Gasteiger partial charge in [0.15, 0.2) is 0 Å². The molecule has 0 aromatic carbocycles. The minimum absolute atomic E-state index is 0.356. The maximum atomic E-state index is 4.02. The molecular weight excluding hydrogens is 168 g/mol. The fourth-order valence-electron chi connectivity index (χ4n) is 1.61. The van der Waals surface area contributed by atoms with E-state index < -0.39 is 0 Å². The lowest BCUT2D eigenvalue weighted by molar-refractivity contribution is 0.419. The highest BCUT2D eigenvalue weighted by molar-refractivity contribution is 5.05. The van der Waals surface area contributed by atoms with Crippen LogP contribution in [0.1, 0.15) is 72.6 Å². The van der Waals surface area contributed by atoms with Gasteiger partial charge < -0.3 is 0 Å². The van der Waals surface area contributed by atoms with E-state index in [0.717, 1.165) is 6.42 Å². The molecule has 1 rings (SSSR count). The molecule has 0 saturated heterocycles. The zero-order valence-electron chi connectivity index (χ0n) is 10.7. The second-order valence-corrected chi connectivity index (χ2v) is 4.96. The third kappa shape index (κ3) is 5.47. The molecule has 0 spiro atoms. The molecule has 1 saturated carbocycles. The molecule has 0 aromatic heterocycles. The standard InChI is InChI=1S/C9H18.C5H10/c1-6-8(3)9(4,5)7-2;1-2-4-5-3-1/h3,6-7H2,1-2,4-5H3;1-5H2. The topological polar surface area (TPSA) is 0 Å². The Morgan fingerprint density at radius 1 is 1.00 bits per heavy atom. The third-order valence-corrected chi connectivity index (χ3v) is 3.52. The van der Waals surface area contributed by atoms with Gasteiger partial charge in [-0.05, 0) is 18.3 Å². The van der Waals surface area contributed by atoms with Crippen molar-refractivity contribution in [3.63, 3.8) is 0 Å². The fourth-order valence-corrected chi connectivity index (χ4v) is 1.61. The fraction of sp³-hybridized carbons (Fsp3) is 0.857. The summed E-state index contributed by atoms with van der Waals surface area (Å²) in [4.78, 5) is 0. The molecule has 1 aliphatic carbocycles. The predicted octanol–water partition coefficient (Wildman–Crippen LogP) is 5.34. The van der Waals surface area contributed by atoms with Crippen LogP contribution < -0.4 is 0 Å². The van der Waals surface area contributed by atoms with Crippen molar-refractivity contribution in [3.05, 3.63) is 12.2 Å². The van der Waals surface area contributed by atoms with Crippen molar-refractivity contribution in [1.82, 2.24) is 0 Å². The smallest absolute Gasteiger partial charge is 0.0150 e. The minimum Gasteiger partial charge on any atom is -0.0993 e. The van der Waals surface area contributed by atoms with Crippen LogP contribution in [-0.2, 0) is 0 Å². The third-order valence-electron chi connectivity index (χ3n) is 3.52. The van der Waals surface area contributed by atoms with E-state index in [1.165, 1.54) is 44.1 Å². The van der Waals surface area contributed by atoms with Crippen molar-refractivity contribution in [1.29, 1.82) is 0 Å². The maximum Gasteiger partial charge on any atom is -0.0150 e. The van der Waals surface area contributed by atoms with Crippen molar-refractivity contribution in [2.24, 2.45) is 5.41 Å². The van der Waals surface area contributed by atoms with Crippen molar-refractivity contribution in [2.75, 3.05) is 0 Å². The van der Waals surface area contributed by atoms with Gasteiger partial charge in [0.05, 0.1) is 0 Å². The Labute approximate surface area is 90.8 Å². The summed E-state index contributed by atoms with van der Waals surface area (Å²) in [7, 11) is 0. The van der Waals surface area contributed by atoms with Crippen LogP contribution in [0.2, 0.25) is 0 Å². The largest absolute Gasteiger partial charge is 0.0993 e. The van der Waals surface area contributed by atoms with E-state index in [2.05, 4.69) is 34.3 Å². The van der Waals surface area contributed by atoms with Gasteiger partial charge in [0.2, 0.25) is 0 Å². The molecule has 0 heterocycles. The molecule has 1 aliphatic rings. The quantitative estimate of drug-likeness (QED) is 0.534. The van der Waals surface area contributed by atoms with Crippen molar-refractivity contribution < 1.29 is 0 Å². The van der Waals surface area contributed by atoms with Gasteiger partial charge in [-0.2, -0.15) is 0 Å². The second kappa shape index (κ2) is 7.09. The van der Waals surface area contributed by atoms with Crippen LogP contribution in [-0.4, -0.2) is 0 Å². The van der Waals surface area contributed by atoms with E-state index in [9.17, 15) is 0 Å². The van der Waals surface area contributed by atoms with Gasteiger partial charge in [-0.3, -0.25) is 0 Å². The van der Waals surface area contributed by atoms with Gasteiger partial charge in [0.25, 0.3) is 0 Å². The Kier molecular flexibility index (Phi) is 6.96. The van der Waals surface area contributed by atoms with Crippen LogP contribution in [0.4, 0.5) is 0 Å². The Balaban J connectivity index is 0.000000280. The van der Waals surface area contributed by atoms with Gasteiger partial charge in [0, 0.05) is 0 Å². The summed E-state index contributed by atoms with van der Waals surface area (Å²) < 4.78 is 0. The molecule has 1 fully saturated rings. The molecule has 0 aromatic rings. The molecular formula is C14H28. The van der Waals surface area contributed by atoms with Gasteiger partial charge in [0.1, 0.15) is 0 Å². The first-order valence-corrected chi connectivity index (χ1v) is 6.22. The van der Waals surface area contributed by atoms with E-state index in [-0.39, 0.29) is 0 Å². The van der Waals surface area contributed by atoms with Crippen LogP contribution in [0.5, 0.6) is 0 Å². The molecule has 0 N–H and O–H groups in total. The zero-order valence-corrected chi connectivity index (χ0v) is 10.7. The highest BCUT2D eigenvalue weighted by Gasteiger charge is 2.16. The van der Waals surface area contributed by atoms with Crippen LogP contribution in [0.25, 0.3) is 0 Å². The summed E-state index contributed by atoms with van der Waals surface area (Å²) >= 11 is 0. The molecule has 0 unspecified atom stereocenters. The number of hydrogen-bond donors (Lipinski definition) is 0. The number of hydrogen-bond acceptors (Lipinski definition) is 0. The summed E-state index contributed by atoms with van der Waals surface area (Å²) in [5.74, 6) is 0. The Morgan fingerprint density at radius 2 is 1.36 bits per heavy atom. The van der Waals surface area contributed by atoms with Gasteiger partial charge in [-0.15, -0.1) is 0 Å². The molecule has 0 aliphatic heterocycles. The molecule has 0 heteroatoms. The lowest BCUT2D eigenvalue weighted by Crippen LogP contribution is -2.11. The van der Waals surface area contributed by atoms with Gasteiger partial charge >= 0.3 is 0 Å². The summed E-state index contributed by atoms with van der Waals surface area (Å²) in [5.41, 5.74) is 1.72. The first kappa shape index (κ1) is 13.7. The predicted molar refractivity (Wildman–Crippen MR) is 66.6 cm³/mol. The van der Waals surface area contributed by atoms with E-state index >= 15 is 0 Å². The van der Waals surface area contributed by atoms with Crippen molar-refractivity contribution >= 4 is 0 Å². The molecule has 0 nitrogen and oxygen atoms in total. The SMILES string of the molecule is C1CCCC1.C=C(CC)C(C)(C)CC. The average Bonchev–Trinajstić information content (AvgIpc) is 2.74. The maximum absolute atomic E-state index is 4.02. The normalized spacial score (nSPS) is 16.0. The first-order valence-electron chi connectivity index (χ1n) is 6.22. The van der Waals surface area contributed by atoms with E-state index in [4.69, 9.17) is 0 Å². The molecule has 14 heavy (non-hydrogen) atoms. The summed E-state index contributed by atoms with van der Waals surface area (Å²) in [5, 5.41) is 0. The lowest BCUT2D eigenvalue weighted by Gasteiger charge is -2.24. The Hall–Kier alpha value is -0.260. The highest BCUT2D eigenvalue weighted by Crippen LogP contribution is 2.30. The number of allylic oxidation sites excluding steroid dienone is 1. The minimum atomic E-state index is 0.356. The first-order chi connectivity index (χ1) is 6.54. The average molecular weight is 196 g/mol. The molecule has 84 valence electrons.